The smallest absolute Gasteiger partial charge is 0.316 e. The fourth-order valence-corrected chi connectivity index (χ4v) is 1.01. The lowest BCUT2D eigenvalue weighted by atomic mass is 10.3. The molecule has 0 bridgehead atoms. The van der Waals surface area contributed by atoms with Crippen LogP contribution in [0.4, 0.5) is 0 Å². The van der Waals surface area contributed by atoms with E-state index >= 15 is 0 Å². The standard InChI is InChI=1S/C8H7N3O2/c1-13-8-10-4-5-6(11-8)2-3-9-7(5)12/h2-4H,1H3,(H,9,12)/i1D2. The summed E-state index contributed by atoms with van der Waals surface area (Å²) in [4.78, 5) is 21.3. The second kappa shape index (κ2) is 2.85. The number of H-pyrrole nitrogens is 1. The van der Waals surface area contributed by atoms with E-state index in [-0.39, 0.29) is 11.6 Å². The fourth-order valence-electron chi connectivity index (χ4n) is 1.01. The van der Waals surface area contributed by atoms with Crippen LogP contribution in [-0.2, 0) is 0 Å². The zero-order valence-electron chi connectivity index (χ0n) is 8.52. The molecule has 2 rings (SSSR count). The highest BCUT2D eigenvalue weighted by molar-refractivity contribution is 5.76. The number of rotatable bonds is 1. The van der Waals surface area contributed by atoms with Gasteiger partial charge in [0.2, 0.25) is 0 Å². The number of hydrogen-bond acceptors (Lipinski definition) is 4. The summed E-state index contributed by atoms with van der Waals surface area (Å²) < 4.78 is 18.4. The van der Waals surface area contributed by atoms with Crippen molar-refractivity contribution < 1.29 is 7.48 Å². The second-order valence-electron chi connectivity index (χ2n) is 2.38. The van der Waals surface area contributed by atoms with Crippen molar-refractivity contribution in [2.24, 2.45) is 0 Å². The van der Waals surface area contributed by atoms with Crippen molar-refractivity contribution in [3.63, 3.8) is 0 Å². The van der Waals surface area contributed by atoms with E-state index in [1.165, 1.54) is 12.4 Å². The Hall–Kier alpha value is -1.91. The molecule has 0 atom stereocenters. The third-order valence-corrected chi connectivity index (χ3v) is 1.60. The van der Waals surface area contributed by atoms with Crippen LogP contribution < -0.4 is 10.3 Å². The van der Waals surface area contributed by atoms with Crippen LogP contribution in [0.15, 0.2) is 23.3 Å². The molecule has 0 aliphatic rings. The average Bonchev–Trinajstić information content (AvgIpc) is 2.17. The molecule has 1 N–H and O–H groups in total. The molecule has 0 spiro atoms. The minimum Gasteiger partial charge on any atom is -0.467 e. The fraction of sp³-hybridized carbons (Fsp3) is 0.125. The van der Waals surface area contributed by atoms with Gasteiger partial charge in [-0.05, 0) is 6.07 Å². The molecule has 0 radical (unpaired) electrons. The molecule has 0 fully saturated rings. The number of nitrogens with zero attached hydrogens (tertiary/aromatic N) is 2. The normalized spacial score (nSPS) is 12.7. The molecule has 13 heavy (non-hydrogen) atoms. The third kappa shape index (κ3) is 1.24. The van der Waals surface area contributed by atoms with E-state index in [4.69, 9.17) is 2.74 Å². The van der Waals surface area contributed by atoms with Gasteiger partial charge < -0.3 is 9.72 Å². The van der Waals surface area contributed by atoms with Crippen LogP contribution in [0.25, 0.3) is 10.9 Å². The first-order valence-electron chi connectivity index (χ1n) is 4.68. The maximum absolute atomic E-state index is 11.3. The molecular formula is C8H7N3O2. The minimum atomic E-state index is -1.48. The molecule has 2 heterocycles. The first-order valence-corrected chi connectivity index (χ1v) is 3.52. The van der Waals surface area contributed by atoms with Crippen LogP contribution in [0.5, 0.6) is 6.01 Å². The molecule has 0 saturated carbocycles. The maximum Gasteiger partial charge on any atom is 0.316 e. The van der Waals surface area contributed by atoms with E-state index in [2.05, 4.69) is 19.7 Å². The number of aromatic amines is 1. The van der Waals surface area contributed by atoms with Crippen LogP contribution in [0.1, 0.15) is 2.74 Å². The van der Waals surface area contributed by atoms with E-state index in [1.807, 2.05) is 0 Å². The van der Waals surface area contributed by atoms with Crippen LogP contribution in [0.3, 0.4) is 0 Å². The van der Waals surface area contributed by atoms with Crippen molar-refractivity contribution in [2.75, 3.05) is 7.06 Å². The van der Waals surface area contributed by atoms with E-state index < -0.39 is 7.06 Å². The van der Waals surface area contributed by atoms with Crippen molar-refractivity contribution in [3.8, 4) is 6.01 Å². The van der Waals surface area contributed by atoms with Gasteiger partial charge in [-0.2, -0.15) is 4.98 Å². The van der Waals surface area contributed by atoms with Crippen molar-refractivity contribution in [2.45, 2.75) is 0 Å². The van der Waals surface area contributed by atoms with Crippen LogP contribution >= 0.6 is 0 Å². The Balaban J connectivity index is 2.52. The Bertz CT molecular complexity index is 541. The quantitative estimate of drug-likeness (QED) is 0.684. The Morgan fingerprint density at radius 2 is 2.62 bits per heavy atom. The molecule has 0 saturated heterocycles. The van der Waals surface area contributed by atoms with Gasteiger partial charge >= 0.3 is 6.01 Å². The molecule has 66 valence electrons. The number of hydrogen-bond donors (Lipinski definition) is 1. The molecule has 0 amide bonds. The molecule has 0 unspecified atom stereocenters. The monoisotopic (exact) mass is 179 g/mol. The molecule has 0 aliphatic carbocycles. The first-order chi connectivity index (χ1) is 7.16. The lowest BCUT2D eigenvalue weighted by Gasteiger charge is -1.97. The van der Waals surface area contributed by atoms with Crippen LogP contribution in [-0.4, -0.2) is 22.0 Å². The highest BCUT2D eigenvalue weighted by atomic mass is 16.5. The third-order valence-electron chi connectivity index (χ3n) is 1.60. The summed E-state index contributed by atoms with van der Waals surface area (Å²) in [6.07, 6.45) is 2.76. The number of fused-ring (bicyclic) bond motifs is 1. The SMILES string of the molecule is [2H]C([2H])Oc1ncc2c(=O)[nH]ccc2n1. The Kier molecular flexibility index (Phi) is 1.25. The molecular weight excluding hydrogens is 170 g/mol. The van der Waals surface area contributed by atoms with Gasteiger partial charge in [-0.15, -0.1) is 0 Å². The van der Waals surface area contributed by atoms with Gasteiger partial charge in [-0.1, -0.05) is 0 Å². The van der Waals surface area contributed by atoms with Crippen LogP contribution in [0, 0.1) is 0 Å². The average molecular weight is 179 g/mol. The molecule has 5 nitrogen and oxygen atoms in total. The van der Waals surface area contributed by atoms with Crippen molar-refractivity contribution in [1.29, 1.82) is 0 Å². The summed E-state index contributed by atoms with van der Waals surface area (Å²) >= 11 is 0. The molecule has 2 aromatic heterocycles. The van der Waals surface area contributed by atoms with Crippen molar-refractivity contribution >= 4 is 10.9 Å². The molecule has 0 aliphatic heterocycles. The minimum absolute atomic E-state index is 0.0805. The van der Waals surface area contributed by atoms with Gasteiger partial charge in [0.25, 0.3) is 5.56 Å². The summed E-state index contributed by atoms with van der Waals surface area (Å²) in [5, 5.41) is 0.344. The maximum atomic E-state index is 11.3. The van der Waals surface area contributed by atoms with Gasteiger partial charge in [0, 0.05) is 12.4 Å². The highest BCUT2D eigenvalue weighted by Gasteiger charge is 2.01. The number of nitrogens with one attached hydrogen (secondary N) is 1. The summed E-state index contributed by atoms with van der Waals surface area (Å²) in [7, 11) is -1.48. The lowest BCUT2D eigenvalue weighted by Crippen LogP contribution is -2.06. The molecule has 2 aromatic rings. The van der Waals surface area contributed by atoms with Gasteiger partial charge in [0.1, 0.15) is 0 Å². The van der Waals surface area contributed by atoms with E-state index in [9.17, 15) is 4.79 Å². The summed E-state index contributed by atoms with van der Waals surface area (Å²) in [5.74, 6) is 0. The van der Waals surface area contributed by atoms with Gasteiger partial charge in [-0.25, -0.2) is 4.98 Å². The van der Waals surface area contributed by atoms with Crippen molar-refractivity contribution in [3.05, 3.63) is 28.8 Å². The Labute approximate surface area is 76.2 Å². The number of pyridine rings is 1. The topological polar surface area (TPSA) is 67.9 Å². The summed E-state index contributed by atoms with van der Waals surface area (Å²) in [5.41, 5.74) is 0.136. The zero-order chi connectivity index (χ0) is 10.8. The molecule has 5 heteroatoms. The van der Waals surface area contributed by atoms with Gasteiger partial charge in [-0.3, -0.25) is 4.79 Å². The van der Waals surface area contributed by atoms with Crippen molar-refractivity contribution in [1.82, 2.24) is 15.0 Å². The Morgan fingerprint density at radius 3 is 3.46 bits per heavy atom. The summed E-state index contributed by atoms with van der Waals surface area (Å²) in [6, 6.07) is 1.51. The van der Waals surface area contributed by atoms with Gasteiger partial charge in [0.15, 0.2) is 0 Å². The predicted octanol–water partition coefficient (Wildman–Crippen LogP) is 0.327. The van der Waals surface area contributed by atoms with E-state index in [1.54, 1.807) is 6.07 Å². The largest absolute Gasteiger partial charge is 0.467 e. The number of ether oxygens (including phenoxy) is 1. The highest BCUT2D eigenvalue weighted by Crippen LogP contribution is 2.07. The number of aromatic nitrogens is 3. The van der Waals surface area contributed by atoms with Gasteiger partial charge in [0.05, 0.1) is 20.7 Å². The second-order valence-corrected chi connectivity index (χ2v) is 2.38. The number of methoxy groups -OCH3 is 1. The lowest BCUT2D eigenvalue weighted by molar-refractivity contribution is 0.382. The molecule has 0 aromatic carbocycles. The first kappa shape index (κ1) is 5.69. The zero-order valence-corrected chi connectivity index (χ0v) is 6.52. The predicted molar refractivity (Wildman–Crippen MR) is 46.7 cm³/mol. The van der Waals surface area contributed by atoms with E-state index in [0.717, 1.165) is 0 Å². The Morgan fingerprint density at radius 1 is 1.69 bits per heavy atom. The van der Waals surface area contributed by atoms with E-state index in [0.29, 0.717) is 10.9 Å². The van der Waals surface area contributed by atoms with Crippen LogP contribution in [0.2, 0.25) is 0 Å². The summed E-state index contributed by atoms with van der Waals surface area (Å²) in [6.45, 7) is 0.